The molecule has 0 saturated carbocycles. The fourth-order valence-electron chi connectivity index (χ4n) is 2.63. The van der Waals surface area contributed by atoms with Crippen molar-refractivity contribution in [3.8, 4) is 6.07 Å². The zero-order valence-electron chi connectivity index (χ0n) is 13.2. The molecule has 0 unspecified atom stereocenters. The van der Waals surface area contributed by atoms with Gasteiger partial charge in [0.15, 0.2) is 0 Å². The molecule has 0 saturated heterocycles. The number of anilines is 1. The number of carbonyl (C=O) groups is 2. The summed E-state index contributed by atoms with van der Waals surface area (Å²) in [7, 11) is 0. The highest BCUT2D eigenvalue weighted by Gasteiger charge is 2.14. The van der Waals surface area contributed by atoms with E-state index in [9.17, 15) is 9.59 Å². The Bertz CT molecular complexity index is 674. The highest BCUT2D eigenvalue weighted by molar-refractivity contribution is 6.06. The fraction of sp³-hybridized carbons (Fsp3) is 0.412. The lowest BCUT2D eigenvalue weighted by molar-refractivity contribution is -0.120. The maximum absolute atomic E-state index is 12.1. The van der Waals surface area contributed by atoms with Gasteiger partial charge in [-0.15, -0.1) is 0 Å². The van der Waals surface area contributed by atoms with Crippen LogP contribution in [0.3, 0.4) is 0 Å². The summed E-state index contributed by atoms with van der Waals surface area (Å²) < 4.78 is 0. The minimum atomic E-state index is -0.482. The number of fused-ring (bicyclic) bond motifs is 1. The van der Waals surface area contributed by atoms with E-state index in [4.69, 9.17) is 5.26 Å². The molecule has 0 spiro atoms. The molecular formula is C17H20N4O2. The number of benzene rings is 1. The Labute approximate surface area is 135 Å². The lowest BCUT2D eigenvalue weighted by atomic mass is 9.90. The third kappa shape index (κ3) is 4.92. The number of hydrogen-bond acceptors (Lipinski definition) is 4. The summed E-state index contributed by atoms with van der Waals surface area (Å²) in [6.45, 7) is 1.66. The van der Waals surface area contributed by atoms with Gasteiger partial charge in [0.25, 0.3) is 5.91 Å². The van der Waals surface area contributed by atoms with Crippen LogP contribution in [0.15, 0.2) is 23.3 Å². The first kappa shape index (κ1) is 16.7. The van der Waals surface area contributed by atoms with Crippen LogP contribution in [0.5, 0.6) is 0 Å². The van der Waals surface area contributed by atoms with Gasteiger partial charge in [0.2, 0.25) is 5.91 Å². The largest absolute Gasteiger partial charge is 0.325 e. The van der Waals surface area contributed by atoms with Crippen LogP contribution < -0.4 is 10.7 Å². The Morgan fingerprint density at radius 3 is 2.83 bits per heavy atom. The van der Waals surface area contributed by atoms with E-state index in [-0.39, 0.29) is 18.7 Å². The topological polar surface area (TPSA) is 94.3 Å². The number of nitrogens with zero attached hydrogens (tertiary/aromatic N) is 2. The van der Waals surface area contributed by atoms with Crippen LogP contribution in [0.25, 0.3) is 0 Å². The van der Waals surface area contributed by atoms with E-state index in [2.05, 4.69) is 21.9 Å². The van der Waals surface area contributed by atoms with Gasteiger partial charge in [-0.3, -0.25) is 9.59 Å². The van der Waals surface area contributed by atoms with Gasteiger partial charge in [0, 0.05) is 11.4 Å². The fourth-order valence-corrected chi connectivity index (χ4v) is 2.63. The van der Waals surface area contributed by atoms with Crippen molar-refractivity contribution in [2.45, 2.75) is 45.4 Å². The first-order valence-corrected chi connectivity index (χ1v) is 7.69. The van der Waals surface area contributed by atoms with Crippen molar-refractivity contribution in [3.63, 3.8) is 0 Å². The maximum Gasteiger partial charge on any atom is 0.254 e. The number of hydrogen-bond donors (Lipinski definition) is 2. The quantitative estimate of drug-likeness (QED) is 0.645. The lowest BCUT2D eigenvalue weighted by Crippen LogP contribution is -2.21. The second kappa shape index (κ2) is 8.08. The second-order valence-electron chi connectivity index (χ2n) is 5.59. The molecule has 2 amide bonds. The van der Waals surface area contributed by atoms with Gasteiger partial charge in [-0.05, 0) is 49.8 Å². The van der Waals surface area contributed by atoms with Gasteiger partial charge >= 0.3 is 0 Å². The average Bonchev–Trinajstić information content (AvgIpc) is 2.53. The summed E-state index contributed by atoms with van der Waals surface area (Å²) in [5, 5.41) is 15.1. The van der Waals surface area contributed by atoms with E-state index in [1.807, 2.05) is 12.1 Å². The molecule has 0 aromatic heterocycles. The van der Waals surface area contributed by atoms with Crippen LogP contribution in [-0.2, 0) is 22.4 Å². The Hall–Kier alpha value is -2.68. The zero-order valence-corrected chi connectivity index (χ0v) is 13.2. The van der Waals surface area contributed by atoms with Crippen LogP contribution in [0.4, 0.5) is 5.69 Å². The molecule has 1 aliphatic carbocycles. The number of nitriles is 1. The number of carbonyl (C=O) groups excluding carboxylic acids is 2. The number of rotatable bonds is 5. The van der Waals surface area contributed by atoms with Crippen molar-refractivity contribution < 1.29 is 9.59 Å². The molecule has 0 bridgehead atoms. The van der Waals surface area contributed by atoms with Gasteiger partial charge in [0.1, 0.15) is 6.42 Å². The smallest absolute Gasteiger partial charge is 0.254 e. The molecule has 2 N–H and O–H groups in total. The first-order valence-electron chi connectivity index (χ1n) is 7.69. The van der Waals surface area contributed by atoms with Crippen molar-refractivity contribution in [1.29, 1.82) is 5.26 Å². The van der Waals surface area contributed by atoms with Crippen LogP contribution in [0.1, 0.15) is 43.7 Å². The molecule has 2 rings (SSSR count). The number of aryl methyl sites for hydroxylation is 1. The van der Waals surface area contributed by atoms with Crippen LogP contribution in [0, 0.1) is 11.3 Å². The lowest BCUT2D eigenvalue weighted by Gasteiger charge is -2.19. The van der Waals surface area contributed by atoms with Gasteiger partial charge in [-0.1, -0.05) is 12.1 Å². The monoisotopic (exact) mass is 312 g/mol. The summed E-state index contributed by atoms with van der Waals surface area (Å²) in [5.74, 6) is -0.649. The highest BCUT2D eigenvalue weighted by Crippen LogP contribution is 2.27. The van der Waals surface area contributed by atoms with Gasteiger partial charge < -0.3 is 5.32 Å². The van der Waals surface area contributed by atoms with Crippen molar-refractivity contribution in [1.82, 2.24) is 5.43 Å². The number of nitrogens with one attached hydrogen (secondary N) is 2. The number of amides is 2. The average molecular weight is 312 g/mol. The van der Waals surface area contributed by atoms with E-state index in [1.165, 1.54) is 17.5 Å². The normalized spacial score (nSPS) is 13.7. The second-order valence-corrected chi connectivity index (χ2v) is 5.59. The first-order chi connectivity index (χ1) is 11.1. The molecule has 0 fully saturated rings. The molecule has 23 heavy (non-hydrogen) atoms. The summed E-state index contributed by atoms with van der Waals surface area (Å²) >= 11 is 0. The Morgan fingerprint density at radius 1 is 1.26 bits per heavy atom. The van der Waals surface area contributed by atoms with Gasteiger partial charge in [0.05, 0.1) is 12.5 Å². The van der Waals surface area contributed by atoms with E-state index in [1.54, 1.807) is 13.0 Å². The molecule has 0 aliphatic heterocycles. The Balaban J connectivity index is 1.94. The minimum absolute atomic E-state index is 0.0938. The molecule has 1 aliphatic rings. The predicted molar refractivity (Wildman–Crippen MR) is 87.8 cm³/mol. The number of hydrazone groups is 1. The standard InChI is InChI=1S/C17H20N4O2/c1-12(20-21-16(22)9-10-18)11-17(23)19-15-8-4-6-13-5-2-3-7-14(13)15/h4,6,8H,2-3,5,7,9,11H2,1H3,(H,19,23)(H,21,22)/b20-12+. The molecule has 0 radical (unpaired) electrons. The molecule has 6 nitrogen and oxygen atoms in total. The molecule has 120 valence electrons. The van der Waals surface area contributed by atoms with Gasteiger partial charge in [-0.2, -0.15) is 10.4 Å². The van der Waals surface area contributed by atoms with Crippen molar-refractivity contribution in [2.75, 3.05) is 5.32 Å². The molecule has 6 heteroatoms. The van der Waals surface area contributed by atoms with E-state index in [0.29, 0.717) is 5.71 Å². The summed E-state index contributed by atoms with van der Waals surface area (Å²) in [5.41, 5.74) is 6.14. The van der Waals surface area contributed by atoms with Gasteiger partial charge in [-0.25, -0.2) is 5.43 Å². The van der Waals surface area contributed by atoms with E-state index >= 15 is 0 Å². The maximum atomic E-state index is 12.1. The van der Waals surface area contributed by atoms with Crippen molar-refractivity contribution in [3.05, 3.63) is 29.3 Å². The minimum Gasteiger partial charge on any atom is -0.325 e. The van der Waals surface area contributed by atoms with Crippen LogP contribution in [0.2, 0.25) is 0 Å². The van der Waals surface area contributed by atoms with Crippen molar-refractivity contribution >= 4 is 23.2 Å². The SMILES string of the molecule is C/C(CC(=O)Nc1cccc2c1CCCC2)=N\NC(=O)CC#N. The molecule has 0 heterocycles. The van der Waals surface area contributed by atoms with E-state index < -0.39 is 5.91 Å². The Kier molecular flexibility index (Phi) is 5.87. The van der Waals surface area contributed by atoms with Crippen LogP contribution in [-0.4, -0.2) is 17.5 Å². The summed E-state index contributed by atoms with van der Waals surface area (Å²) in [6.07, 6.45) is 4.23. The summed E-state index contributed by atoms with van der Waals surface area (Å²) in [6, 6.07) is 7.73. The Morgan fingerprint density at radius 2 is 2.04 bits per heavy atom. The molecule has 0 atom stereocenters. The molecule has 1 aromatic carbocycles. The zero-order chi connectivity index (χ0) is 16.7. The predicted octanol–water partition coefficient (Wildman–Crippen LogP) is 2.30. The summed E-state index contributed by atoms with van der Waals surface area (Å²) in [4.78, 5) is 23.3. The van der Waals surface area contributed by atoms with Crippen molar-refractivity contribution in [2.24, 2.45) is 5.10 Å². The van der Waals surface area contributed by atoms with E-state index in [0.717, 1.165) is 24.9 Å². The highest BCUT2D eigenvalue weighted by atomic mass is 16.2. The van der Waals surface area contributed by atoms with Crippen LogP contribution >= 0.6 is 0 Å². The third-order valence-corrected chi connectivity index (χ3v) is 3.70. The molecular weight excluding hydrogens is 292 g/mol. The third-order valence-electron chi connectivity index (χ3n) is 3.70. The molecule has 1 aromatic rings.